The monoisotopic (exact) mass is 629 g/mol. The number of nitrogens with one attached hydrogen (secondary N) is 1. The SMILES string of the molecule is Cc1ccc(S(=O)(=O)N(CC(=O)N(Cc2ccc(Cl)cc2Cl)[C@@H](C)C(=O)NC2CCCCC2)c2ccccc2C)cc1. The first-order chi connectivity index (χ1) is 20.0. The van der Waals surface area contributed by atoms with Crippen LogP contribution in [0.2, 0.25) is 10.0 Å². The maximum atomic E-state index is 14.2. The van der Waals surface area contributed by atoms with Crippen LogP contribution >= 0.6 is 23.2 Å². The van der Waals surface area contributed by atoms with Crippen molar-refractivity contribution in [1.82, 2.24) is 10.2 Å². The molecule has 42 heavy (non-hydrogen) atoms. The molecule has 0 bridgehead atoms. The number of sulfonamides is 1. The number of aryl methyl sites for hydroxylation is 2. The van der Waals surface area contributed by atoms with E-state index in [-0.39, 0.29) is 23.4 Å². The topological polar surface area (TPSA) is 86.8 Å². The summed E-state index contributed by atoms with van der Waals surface area (Å²) in [7, 11) is -4.14. The number of halogens is 2. The van der Waals surface area contributed by atoms with Gasteiger partial charge in [0.15, 0.2) is 0 Å². The number of hydrogen-bond donors (Lipinski definition) is 1. The maximum Gasteiger partial charge on any atom is 0.264 e. The number of rotatable bonds is 10. The average Bonchev–Trinajstić information content (AvgIpc) is 2.96. The van der Waals surface area contributed by atoms with E-state index in [4.69, 9.17) is 23.2 Å². The molecule has 7 nitrogen and oxygen atoms in total. The minimum absolute atomic E-state index is 0.000278. The highest BCUT2D eigenvalue weighted by Crippen LogP contribution is 2.29. The molecule has 1 atom stereocenters. The first-order valence-electron chi connectivity index (χ1n) is 14.2. The minimum Gasteiger partial charge on any atom is -0.352 e. The van der Waals surface area contributed by atoms with Crippen LogP contribution in [0.4, 0.5) is 5.69 Å². The van der Waals surface area contributed by atoms with E-state index < -0.39 is 28.5 Å². The van der Waals surface area contributed by atoms with Gasteiger partial charge in [-0.3, -0.25) is 13.9 Å². The number of amides is 2. The molecule has 0 radical (unpaired) electrons. The Morgan fingerprint density at radius 1 is 0.952 bits per heavy atom. The molecule has 3 aromatic carbocycles. The third-order valence-electron chi connectivity index (χ3n) is 7.75. The molecule has 0 saturated heterocycles. The fraction of sp³-hybridized carbons (Fsp3) is 0.375. The molecule has 0 aliphatic heterocycles. The predicted octanol–water partition coefficient (Wildman–Crippen LogP) is 6.67. The zero-order valence-electron chi connectivity index (χ0n) is 24.1. The van der Waals surface area contributed by atoms with Gasteiger partial charge in [0.25, 0.3) is 10.0 Å². The summed E-state index contributed by atoms with van der Waals surface area (Å²) in [4.78, 5) is 29.1. The third-order valence-corrected chi connectivity index (χ3v) is 10.1. The van der Waals surface area contributed by atoms with Crippen LogP contribution in [0.5, 0.6) is 0 Å². The van der Waals surface area contributed by atoms with E-state index in [2.05, 4.69) is 5.32 Å². The van der Waals surface area contributed by atoms with Gasteiger partial charge < -0.3 is 10.2 Å². The van der Waals surface area contributed by atoms with Crippen molar-refractivity contribution in [3.05, 3.63) is 93.5 Å². The number of anilines is 1. The lowest BCUT2D eigenvalue weighted by atomic mass is 9.95. The molecule has 224 valence electrons. The zero-order valence-corrected chi connectivity index (χ0v) is 26.5. The average molecular weight is 631 g/mol. The van der Waals surface area contributed by atoms with Crippen LogP contribution in [0, 0.1) is 13.8 Å². The molecule has 0 aromatic heterocycles. The van der Waals surface area contributed by atoms with Gasteiger partial charge in [0.05, 0.1) is 10.6 Å². The van der Waals surface area contributed by atoms with Crippen LogP contribution in [-0.4, -0.2) is 43.8 Å². The number of benzene rings is 3. The first kappa shape index (κ1) is 31.9. The fourth-order valence-corrected chi connectivity index (χ4v) is 7.13. The first-order valence-corrected chi connectivity index (χ1v) is 16.4. The van der Waals surface area contributed by atoms with E-state index in [0.717, 1.165) is 42.0 Å². The molecule has 1 aliphatic carbocycles. The molecule has 4 rings (SSSR count). The number of nitrogens with zero attached hydrogens (tertiary/aromatic N) is 2. The Morgan fingerprint density at radius 3 is 2.26 bits per heavy atom. The number of para-hydroxylation sites is 1. The van der Waals surface area contributed by atoms with Crippen LogP contribution < -0.4 is 9.62 Å². The van der Waals surface area contributed by atoms with E-state index in [0.29, 0.717) is 26.9 Å². The van der Waals surface area contributed by atoms with Crippen molar-refractivity contribution in [2.45, 2.75) is 76.4 Å². The lowest BCUT2D eigenvalue weighted by molar-refractivity contribution is -0.139. The van der Waals surface area contributed by atoms with Crippen LogP contribution in [-0.2, 0) is 26.2 Å². The molecule has 3 aromatic rings. The van der Waals surface area contributed by atoms with Crippen LogP contribution in [0.25, 0.3) is 0 Å². The molecule has 0 spiro atoms. The Balaban J connectivity index is 1.70. The summed E-state index contributed by atoms with van der Waals surface area (Å²) in [5.74, 6) is -0.824. The largest absolute Gasteiger partial charge is 0.352 e. The Hall–Kier alpha value is -3.07. The van der Waals surface area contributed by atoms with Gasteiger partial charge in [-0.05, 0) is 75.1 Å². The van der Waals surface area contributed by atoms with Gasteiger partial charge in [0, 0.05) is 22.6 Å². The summed E-state index contributed by atoms with van der Waals surface area (Å²) in [5.41, 5.74) is 2.58. The summed E-state index contributed by atoms with van der Waals surface area (Å²) in [6, 6.07) is 17.6. The third kappa shape index (κ3) is 7.65. The molecular weight excluding hydrogens is 593 g/mol. The van der Waals surface area contributed by atoms with E-state index in [9.17, 15) is 18.0 Å². The molecule has 10 heteroatoms. The summed E-state index contributed by atoms with van der Waals surface area (Å²) >= 11 is 12.6. The summed E-state index contributed by atoms with van der Waals surface area (Å²) in [6.45, 7) is 4.82. The normalized spacial score (nSPS) is 14.7. The van der Waals surface area contributed by atoms with Crippen molar-refractivity contribution in [3.63, 3.8) is 0 Å². The Labute approximate surface area is 258 Å². The smallest absolute Gasteiger partial charge is 0.264 e. The quantitative estimate of drug-likeness (QED) is 0.271. The maximum absolute atomic E-state index is 14.2. The standard InChI is InChI=1S/C32H37Cl2N3O4S/c1-22-13-17-28(18-14-22)42(40,41)37(30-12-8-7-9-23(30)2)21-31(38)36(20-25-15-16-26(33)19-29(25)34)24(3)32(39)35-27-10-5-4-6-11-27/h7-9,12-19,24,27H,4-6,10-11,20-21H2,1-3H3,(H,35,39)/t24-/m0/s1. The Bertz CT molecular complexity index is 1520. The van der Waals surface area contributed by atoms with Gasteiger partial charge >= 0.3 is 0 Å². The van der Waals surface area contributed by atoms with Crippen molar-refractivity contribution < 1.29 is 18.0 Å². The van der Waals surface area contributed by atoms with Crippen molar-refractivity contribution in [3.8, 4) is 0 Å². The van der Waals surface area contributed by atoms with Crippen molar-refractivity contribution >= 4 is 50.7 Å². The molecule has 1 saturated carbocycles. The van der Waals surface area contributed by atoms with Crippen LogP contribution in [0.3, 0.4) is 0 Å². The number of carbonyl (C=O) groups is 2. The second-order valence-electron chi connectivity index (χ2n) is 10.9. The lowest BCUT2D eigenvalue weighted by Crippen LogP contribution is -2.53. The molecule has 1 aliphatic rings. The van der Waals surface area contributed by atoms with Gasteiger partial charge in [-0.15, -0.1) is 0 Å². The highest BCUT2D eigenvalue weighted by atomic mass is 35.5. The fourth-order valence-electron chi connectivity index (χ4n) is 5.18. The lowest BCUT2D eigenvalue weighted by Gasteiger charge is -2.33. The Morgan fingerprint density at radius 2 is 1.62 bits per heavy atom. The number of hydrogen-bond acceptors (Lipinski definition) is 4. The van der Waals surface area contributed by atoms with Crippen molar-refractivity contribution in [1.29, 1.82) is 0 Å². The van der Waals surface area contributed by atoms with Crippen molar-refractivity contribution in [2.24, 2.45) is 0 Å². The second-order valence-corrected chi connectivity index (χ2v) is 13.6. The van der Waals surface area contributed by atoms with Gasteiger partial charge in [-0.2, -0.15) is 0 Å². The Kier molecular flexibility index (Phi) is 10.6. The summed E-state index contributed by atoms with van der Waals surface area (Å²) in [6.07, 6.45) is 5.03. The highest BCUT2D eigenvalue weighted by molar-refractivity contribution is 7.92. The van der Waals surface area contributed by atoms with E-state index in [1.54, 1.807) is 62.4 Å². The molecule has 0 heterocycles. The molecule has 0 unspecified atom stereocenters. The van der Waals surface area contributed by atoms with E-state index in [1.165, 1.54) is 17.0 Å². The molecule has 2 amide bonds. The van der Waals surface area contributed by atoms with Crippen molar-refractivity contribution in [2.75, 3.05) is 10.8 Å². The van der Waals surface area contributed by atoms with Gasteiger partial charge in [0.2, 0.25) is 11.8 Å². The minimum atomic E-state index is -4.14. The molecule has 1 fully saturated rings. The molecule has 1 N–H and O–H groups in total. The van der Waals surface area contributed by atoms with Gasteiger partial charge in [-0.25, -0.2) is 8.42 Å². The van der Waals surface area contributed by atoms with Gasteiger partial charge in [-0.1, -0.05) is 84.4 Å². The predicted molar refractivity (Wildman–Crippen MR) is 168 cm³/mol. The zero-order chi connectivity index (χ0) is 30.4. The highest BCUT2D eigenvalue weighted by Gasteiger charge is 2.34. The number of carbonyl (C=O) groups excluding carboxylic acids is 2. The molecular formula is C32H37Cl2N3O4S. The van der Waals surface area contributed by atoms with E-state index in [1.807, 2.05) is 13.0 Å². The van der Waals surface area contributed by atoms with Crippen LogP contribution in [0.15, 0.2) is 71.6 Å². The second kappa shape index (κ2) is 13.9. The summed E-state index contributed by atoms with van der Waals surface area (Å²) in [5, 5.41) is 3.89. The van der Waals surface area contributed by atoms with Crippen LogP contribution in [0.1, 0.15) is 55.7 Å². The van der Waals surface area contributed by atoms with E-state index >= 15 is 0 Å². The van der Waals surface area contributed by atoms with Gasteiger partial charge in [0.1, 0.15) is 12.6 Å². The summed E-state index contributed by atoms with van der Waals surface area (Å²) < 4.78 is 29.1.